The maximum absolute atomic E-state index is 15.0. The second kappa shape index (κ2) is 9.87. The normalized spacial score (nSPS) is 19.3. The third kappa shape index (κ3) is 4.42. The number of rotatable bonds is 0. The van der Waals surface area contributed by atoms with Crippen molar-refractivity contribution in [3.63, 3.8) is 0 Å². The molecule has 4 aromatic rings. The van der Waals surface area contributed by atoms with E-state index >= 15 is 4.39 Å². The second-order valence-electron chi connectivity index (χ2n) is 9.59. The first-order chi connectivity index (χ1) is 17.7. The molecular formula is C28H30FN5O2. The highest BCUT2D eigenvalue weighted by Gasteiger charge is 2.26. The molecule has 2 aromatic heterocycles. The smallest absolute Gasteiger partial charge is 0.136 e. The molecule has 0 saturated carbocycles. The van der Waals surface area contributed by atoms with Crippen LogP contribution in [-0.2, 0) is 4.74 Å². The van der Waals surface area contributed by atoms with Gasteiger partial charge in [-0.15, -0.1) is 0 Å². The Morgan fingerprint density at radius 3 is 2.81 bits per heavy atom. The Kier molecular flexibility index (Phi) is 6.29. The lowest BCUT2D eigenvalue weighted by Gasteiger charge is -2.41. The molecule has 0 radical (unpaired) electrons. The summed E-state index contributed by atoms with van der Waals surface area (Å²) in [6, 6.07) is 15.6. The highest BCUT2D eigenvalue weighted by Crippen LogP contribution is 2.35. The average Bonchev–Trinajstić information content (AvgIpc) is 3.31. The minimum atomic E-state index is -0.357. The van der Waals surface area contributed by atoms with Crippen LogP contribution in [0.5, 0.6) is 5.75 Å². The topological polar surface area (TPSA) is 66.5 Å². The Morgan fingerprint density at radius 2 is 1.92 bits per heavy atom. The first-order valence-electron chi connectivity index (χ1n) is 12.6. The van der Waals surface area contributed by atoms with Crippen molar-refractivity contribution in [1.29, 1.82) is 0 Å². The third-order valence-corrected chi connectivity index (χ3v) is 7.09. The van der Waals surface area contributed by atoms with Crippen molar-refractivity contribution in [2.45, 2.75) is 18.9 Å². The van der Waals surface area contributed by atoms with Gasteiger partial charge in [-0.05, 0) is 50.2 Å². The quantitative estimate of drug-likeness (QED) is 0.387. The summed E-state index contributed by atoms with van der Waals surface area (Å²) < 4.78 is 27.1. The molecule has 8 heteroatoms. The van der Waals surface area contributed by atoms with Crippen LogP contribution in [0.15, 0.2) is 54.7 Å². The third-order valence-electron chi connectivity index (χ3n) is 7.09. The number of H-pyrrole nitrogens is 1. The molecule has 7 nitrogen and oxygen atoms in total. The monoisotopic (exact) mass is 487 g/mol. The van der Waals surface area contributed by atoms with Crippen molar-refractivity contribution < 1.29 is 13.9 Å². The number of pyridine rings is 1. The molecule has 1 N–H and O–H groups in total. The number of aromatic amines is 1. The number of anilines is 1. The number of benzene rings is 2. The molecule has 186 valence electrons. The van der Waals surface area contributed by atoms with Gasteiger partial charge < -0.3 is 19.3 Å². The van der Waals surface area contributed by atoms with Crippen LogP contribution in [0.1, 0.15) is 12.8 Å². The maximum Gasteiger partial charge on any atom is 0.136 e. The predicted molar refractivity (Wildman–Crippen MR) is 139 cm³/mol. The summed E-state index contributed by atoms with van der Waals surface area (Å²) in [6.45, 7) is 4.78. The Bertz CT molecular complexity index is 1360. The Hall–Kier alpha value is -3.49. The number of nitrogens with one attached hydrogen (secondary N) is 1. The maximum atomic E-state index is 15.0. The molecular weight excluding hydrogens is 457 g/mol. The van der Waals surface area contributed by atoms with Gasteiger partial charge in [0.05, 0.1) is 42.2 Å². The lowest BCUT2D eigenvalue weighted by Crippen LogP contribution is -2.54. The van der Waals surface area contributed by atoms with Gasteiger partial charge >= 0.3 is 0 Å². The van der Waals surface area contributed by atoms with Crippen LogP contribution in [0.3, 0.4) is 0 Å². The van der Waals surface area contributed by atoms with Crippen molar-refractivity contribution >= 4 is 16.6 Å². The average molecular weight is 488 g/mol. The summed E-state index contributed by atoms with van der Waals surface area (Å²) in [4.78, 5) is 9.34. The number of aromatic nitrogens is 3. The standard InChI is InChI=1S/C28H30FN5O2/c1-33-11-12-34-20-9-7-19(8-10-20)28-22-15-24(30-16-25(22)31-32-28)27-23(29)5-4-6-26(27)36-14-3-2-13-35-18-21(34)17-33/h4-10,15-16,21H,2-3,11-14,17-18H2,1H3,(H,31,32). The van der Waals surface area contributed by atoms with Gasteiger partial charge in [0.25, 0.3) is 0 Å². The molecule has 5 heterocycles. The number of fused-ring (bicyclic) bond motifs is 8. The molecule has 7 rings (SSSR count). The van der Waals surface area contributed by atoms with E-state index in [4.69, 9.17) is 9.47 Å². The molecule has 1 saturated heterocycles. The molecule has 2 aromatic carbocycles. The number of likely N-dealkylation sites (N-methyl/N-ethyl adjacent to an activating group) is 1. The highest BCUT2D eigenvalue weighted by atomic mass is 19.1. The zero-order chi connectivity index (χ0) is 24.5. The number of halogens is 1. The fourth-order valence-electron chi connectivity index (χ4n) is 5.16. The van der Waals surface area contributed by atoms with E-state index in [1.54, 1.807) is 18.3 Å². The minimum Gasteiger partial charge on any atom is -0.493 e. The van der Waals surface area contributed by atoms with Gasteiger partial charge in [0.2, 0.25) is 0 Å². The van der Waals surface area contributed by atoms with Gasteiger partial charge in [-0.3, -0.25) is 10.1 Å². The van der Waals surface area contributed by atoms with Crippen LogP contribution in [0.2, 0.25) is 0 Å². The van der Waals surface area contributed by atoms with Crippen molar-refractivity contribution in [3.8, 4) is 28.3 Å². The largest absolute Gasteiger partial charge is 0.493 e. The predicted octanol–water partition coefficient (Wildman–Crippen LogP) is 4.74. The van der Waals surface area contributed by atoms with E-state index in [1.165, 1.54) is 11.8 Å². The zero-order valence-corrected chi connectivity index (χ0v) is 20.4. The lowest BCUT2D eigenvalue weighted by atomic mass is 10.0. The Morgan fingerprint density at radius 1 is 1.06 bits per heavy atom. The summed E-state index contributed by atoms with van der Waals surface area (Å²) in [7, 11) is 2.17. The number of nitrogens with zero attached hydrogens (tertiary/aromatic N) is 4. The Balaban J connectivity index is 1.42. The number of hydrogen-bond donors (Lipinski definition) is 1. The molecule has 1 fully saturated rings. The van der Waals surface area contributed by atoms with E-state index in [9.17, 15) is 0 Å². The zero-order valence-electron chi connectivity index (χ0n) is 20.4. The Labute approximate surface area is 209 Å². The number of hydrogen-bond acceptors (Lipinski definition) is 6. The highest BCUT2D eigenvalue weighted by molar-refractivity contribution is 5.95. The molecule has 4 bridgehead atoms. The van der Waals surface area contributed by atoms with Crippen molar-refractivity contribution in [1.82, 2.24) is 20.1 Å². The molecule has 0 amide bonds. The molecule has 3 aliphatic rings. The molecule has 0 spiro atoms. The minimum absolute atomic E-state index is 0.294. The van der Waals surface area contributed by atoms with Crippen molar-refractivity contribution in [3.05, 3.63) is 60.5 Å². The van der Waals surface area contributed by atoms with E-state index in [0.717, 1.165) is 54.6 Å². The van der Waals surface area contributed by atoms with Crippen LogP contribution in [0, 0.1) is 5.82 Å². The fraction of sp³-hybridized carbons (Fsp3) is 0.357. The molecule has 0 aliphatic carbocycles. The van der Waals surface area contributed by atoms with Crippen LogP contribution in [-0.4, -0.2) is 72.6 Å². The van der Waals surface area contributed by atoms with Crippen molar-refractivity contribution in [2.24, 2.45) is 0 Å². The summed E-state index contributed by atoms with van der Waals surface area (Å²) >= 11 is 0. The summed E-state index contributed by atoms with van der Waals surface area (Å²) in [6.07, 6.45) is 3.41. The van der Waals surface area contributed by atoms with E-state index in [0.29, 0.717) is 42.9 Å². The second-order valence-corrected chi connectivity index (χ2v) is 9.59. The molecule has 3 aliphatic heterocycles. The van der Waals surface area contributed by atoms with Crippen LogP contribution in [0.4, 0.5) is 10.1 Å². The van der Waals surface area contributed by atoms with Gasteiger partial charge in [0.1, 0.15) is 17.3 Å². The van der Waals surface area contributed by atoms with Gasteiger partial charge in [0, 0.05) is 42.9 Å². The number of ether oxygens (including phenoxy) is 2. The van der Waals surface area contributed by atoms with Gasteiger partial charge in [-0.1, -0.05) is 18.2 Å². The van der Waals surface area contributed by atoms with E-state index < -0.39 is 0 Å². The van der Waals surface area contributed by atoms with Crippen LogP contribution >= 0.6 is 0 Å². The van der Waals surface area contributed by atoms with Crippen LogP contribution < -0.4 is 9.64 Å². The number of piperazine rings is 1. The van der Waals surface area contributed by atoms with Crippen LogP contribution in [0.25, 0.3) is 33.4 Å². The van der Waals surface area contributed by atoms with Gasteiger partial charge in [-0.2, -0.15) is 5.10 Å². The first kappa shape index (κ1) is 22.9. The molecule has 1 unspecified atom stereocenters. The van der Waals surface area contributed by atoms with Crippen molar-refractivity contribution in [2.75, 3.05) is 51.4 Å². The summed E-state index contributed by atoms with van der Waals surface area (Å²) in [5.74, 6) is 0.139. The van der Waals surface area contributed by atoms with Gasteiger partial charge in [-0.25, -0.2) is 4.39 Å². The van der Waals surface area contributed by atoms with E-state index in [1.807, 2.05) is 6.07 Å². The van der Waals surface area contributed by atoms with E-state index in [-0.39, 0.29) is 5.82 Å². The lowest BCUT2D eigenvalue weighted by molar-refractivity contribution is 0.0943. The summed E-state index contributed by atoms with van der Waals surface area (Å²) in [5, 5.41) is 8.54. The molecule has 36 heavy (non-hydrogen) atoms. The first-order valence-corrected chi connectivity index (χ1v) is 12.6. The van der Waals surface area contributed by atoms with E-state index in [2.05, 4.69) is 56.3 Å². The van der Waals surface area contributed by atoms with Gasteiger partial charge in [0.15, 0.2) is 0 Å². The SMILES string of the molecule is CN1CCN2c3ccc(cc3)-c3n[nH]c4cnc(cc34)-c3c(F)cccc3OCCCCOCC2C1. The fourth-order valence-corrected chi connectivity index (χ4v) is 5.16. The summed E-state index contributed by atoms with van der Waals surface area (Å²) in [5.41, 5.74) is 4.69. The molecule has 1 atom stereocenters.